The molecule has 0 unspecified atom stereocenters. The highest BCUT2D eigenvalue weighted by Crippen LogP contribution is 2.18. The molecule has 0 atom stereocenters. The first kappa shape index (κ1) is 10.6. The molecule has 0 fully saturated rings. The first-order valence-electron chi connectivity index (χ1n) is 4.85. The molecule has 0 N–H and O–H groups in total. The number of nitrogens with zero attached hydrogens (tertiary/aromatic N) is 2. The lowest BCUT2D eigenvalue weighted by molar-refractivity contribution is -0.00278. The molecule has 0 saturated carbocycles. The van der Waals surface area contributed by atoms with Gasteiger partial charge in [-0.2, -0.15) is 4.79 Å². The fourth-order valence-electron chi connectivity index (χ4n) is 1.52. The third kappa shape index (κ3) is 2.03. The van der Waals surface area contributed by atoms with E-state index in [0.29, 0.717) is 10.7 Å². The number of halogens is 1. The van der Waals surface area contributed by atoms with E-state index >= 15 is 0 Å². The molecule has 0 aromatic heterocycles. The van der Waals surface area contributed by atoms with Crippen LogP contribution >= 0.6 is 11.6 Å². The van der Waals surface area contributed by atoms with Gasteiger partial charge in [-0.1, -0.05) is 41.9 Å². The van der Waals surface area contributed by atoms with Crippen molar-refractivity contribution in [3.05, 3.63) is 76.3 Å². The minimum atomic E-state index is 0.478. The van der Waals surface area contributed by atoms with Gasteiger partial charge in [0.25, 0.3) is 0 Å². The minimum Gasteiger partial charge on any atom is -0.361 e. The molecule has 0 radical (unpaired) electrons. The van der Waals surface area contributed by atoms with Crippen molar-refractivity contribution in [2.24, 2.45) is 0 Å². The Kier molecular flexibility index (Phi) is 3.16. The Hall–Kier alpha value is -1.89. The highest BCUT2D eigenvalue weighted by Gasteiger charge is 2.17. The Balaban J connectivity index is 2.55. The van der Waals surface area contributed by atoms with Crippen LogP contribution in [0.5, 0.6) is 0 Å². The summed E-state index contributed by atoms with van der Waals surface area (Å²) in [6.07, 6.45) is 0. The lowest BCUT2D eigenvalue weighted by Crippen LogP contribution is -2.04. The van der Waals surface area contributed by atoms with Gasteiger partial charge in [0.05, 0.1) is 16.1 Å². The molecule has 0 spiro atoms. The second kappa shape index (κ2) is 4.75. The van der Waals surface area contributed by atoms with Gasteiger partial charge >= 0.3 is 5.71 Å². The van der Waals surface area contributed by atoms with E-state index in [1.54, 1.807) is 6.07 Å². The Morgan fingerprint density at radius 2 is 1.56 bits per heavy atom. The second-order valence-electron chi connectivity index (χ2n) is 3.29. The molecule has 0 aliphatic carbocycles. The Morgan fingerprint density at radius 3 is 2.19 bits per heavy atom. The van der Waals surface area contributed by atoms with Gasteiger partial charge < -0.3 is 5.53 Å². The fourth-order valence-corrected chi connectivity index (χ4v) is 1.74. The SMILES string of the molecule is [N-]=[N+]=C(c1ccccc1)c1ccccc1Cl. The lowest BCUT2D eigenvalue weighted by atomic mass is 10.0. The molecule has 2 nitrogen and oxygen atoms in total. The molecule has 2 aromatic carbocycles. The summed E-state index contributed by atoms with van der Waals surface area (Å²) in [5, 5.41) is 0.569. The number of hydrogen-bond acceptors (Lipinski definition) is 0. The quantitative estimate of drug-likeness (QED) is 0.429. The molecule has 16 heavy (non-hydrogen) atoms. The summed E-state index contributed by atoms with van der Waals surface area (Å²) in [6.45, 7) is 0. The molecule has 2 rings (SSSR count). The Labute approximate surface area is 98.7 Å². The Bertz CT molecular complexity index is 543. The van der Waals surface area contributed by atoms with Crippen LogP contribution in [0, 0.1) is 0 Å². The standard InChI is InChI=1S/C13H9ClN2/c14-12-9-5-4-8-11(12)13(16-15)10-6-2-1-3-7-10/h1-9H. The topological polar surface area (TPSA) is 36.4 Å². The summed E-state index contributed by atoms with van der Waals surface area (Å²) in [5.74, 6) is 0. The summed E-state index contributed by atoms with van der Waals surface area (Å²) in [5.41, 5.74) is 11.1. The van der Waals surface area contributed by atoms with Crippen molar-refractivity contribution in [1.82, 2.24) is 0 Å². The van der Waals surface area contributed by atoms with Crippen LogP contribution in [0.25, 0.3) is 5.53 Å². The number of rotatable bonds is 2. The van der Waals surface area contributed by atoms with Crippen molar-refractivity contribution in [2.75, 3.05) is 0 Å². The first-order chi connectivity index (χ1) is 7.83. The molecule has 0 amide bonds. The van der Waals surface area contributed by atoms with Crippen molar-refractivity contribution in [3.8, 4) is 0 Å². The van der Waals surface area contributed by atoms with Gasteiger partial charge in [0, 0.05) is 0 Å². The van der Waals surface area contributed by atoms with Gasteiger partial charge in [-0.3, -0.25) is 0 Å². The molecular formula is C13H9ClN2. The predicted octanol–water partition coefficient (Wildman–Crippen LogP) is 3.41. The molecule has 3 heteroatoms. The van der Waals surface area contributed by atoms with Gasteiger partial charge in [0.1, 0.15) is 0 Å². The van der Waals surface area contributed by atoms with Gasteiger partial charge in [-0.05, 0) is 24.3 Å². The Morgan fingerprint density at radius 1 is 0.938 bits per heavy atom. The van der Waals surface area contributed by atoms with Crippen molar-refractivity contribution in [2.45, 2.75) is 0 Å². The zero-order valence-corrected chi connectivity index (χ0v) is 9.22. The summed E-state index contributed by atoms with van der Waals surface area (Å²) in [7, 11) is 0. The second-order valence-corrected chi connectivity index (χ2v) is 3.70. The lowest BCUT2D eigenvalue weighted by Gasteiger charge is -1.99. The molecule has 0 heterocycles. The van der Waals surface area contributed by atoms with Gasteiger partial charge in [0.15, 0.2) is 0 Å². The van der Waals surface area contributed by atoms with E-state index in [9.17, 15) is 0 Å². The number of hydrogen-bond donors (Lipinski definition) is 0. The van der Waals surface area contributed by atoms with Crippen LogP contribution in [-0.2, 0) is 0 Å². The van der Waals surface area contributed by atoms with E-state index < -0.39 is 0 Å². The predicted molar refractivity (Wildman–Crippen MR) is 64.7 cm³/mol. The highest BCUT2D eigenvalue weighted by molar-refractivity contribution is 6.35. The van der Waals surface area contributed by atoms with Gasteiger partial charge in [0.2, 0.25) is 0 Å². The third-order valence-corrected chi connectivity index (χ3v) is 2.61. The van der Waals surface area contributed by atoms with Crippen LogP contribution in [0.1, 0.15) is 11.1 Å². The monoisotopic (exact) mass is 228 g/mol. The maximum absolute atomic E-state index is 9.09. The largest absolute Gasteiger partial charge is 0.361 e. The maximum Gasteiger partial charge on any atom is 0.331 e. The first-order valence-corrected chi connectivity index (χ1v) is 5.23. The van der Waals surface area contributed by atoms with E-state index in [-0.39, 0.29) is 0 Å². The van der Waals surface area contributed by atoms with E-state index in [2.05, 4.69) is 4.79 Å². The third-order valence-electron chi connectivity index (χ3n) is 2.28. The van der Waals surface area contributed by atoms with Crippen LogP contribution in [0.4, 0.5) is 0 Å². The van der Waals surface area contributed by atoms with Crippen LogP contribution in [0.2, 0.25) is 5.02 Å². The highest BCUT2D eigenvalue weighted by atomic mass is 35.5. The average Bonchev–Trinajstić information content (AvgIpc) is 2.34. The summed E-state index contributed by atoms with van der Waals surface area (Å²) in [6, 6.07) is 16.7. The van der Waals surface area contributed by atoms with Crippen LogP contribution in [0.15, 0.2) is 54.6 Å². The zero-order valence-electron chi connectivity index (χ0n) is 8.47. The van der Waals surface area contributed by atoms with E-state index in [4.69, 9.17) is 17.1 Å². The van der Waals surface area contributed by atoms with E-state index in [0.717, 1.165) is 11.1 Å². The molecule has 0 aliphatic heterocycles. The molecule has 78 valence electrons. The van der Waals surface area contributed by atoms with Crippen LogP contribution in [0.3, 0.4) is 0 Å². The van der Waals surface area contributed by atoms with E-state index in [1.807, 2.05) is 48.5 Å². The average molecular weight is 229 g/mol. The minimum absolute atomic E-state index is 0.478. The molecule has 2 aromatic rings. The van der Waals surface area contributed by atoms with Crippen molar-refractivity contribution in [3.63, 3.8) is 0 Å². The summed E-state index contributed by atoms with van der Waals surface area (Å²) < 4.78 is 0. The summed E-state index contributed by atoms with van der Waals surface area (Å²) >= 11 is 6.06. The van der Waals surface area contributed by atoms with E-state index in [1.165, 1.54) is 0 Å². The van der Waals surface area contributed by atoms with Crippen molar-refractivity contribution >= 4 is 17.3 Å². The zero-order chi connectivity index (χ0) is 11.4. The molecule has 0 aliphatic rings. The van der Waals surface area contributed by atoms with Gasteiger partial charge in [-0.25, -0.2) is 0 Å². The van der Waals surface area contributed by atoms with Crippen molar-refractivity contribution in [1.29, 1.82) is 0 Å². The normalized spacial score (nSPS) is 9.56. The smallest absolute Gasteiger partial charge is 0.331 e. The fraction of sp³-hybridized carbons (Fsp3) is 0. The molecular weight excluding hydrogens is 220 g/mol. The maximum atomic E-state index is 9.09. The summed E-state index contributed by atoms with van der Waals surface area (Å²) in [4.78, 5) is 3.32. The van der Waals surface area contributed by atoms with Crippen LogP contribution < -0.4 is 0 Å². The molecule has 0 saturated heterocycles. The number of benzene rings is 2. The molecule has 0 bridgehead atoms. The van der Waals surface area contributed by atoms with Crippen LogP contribution in [-0.4, -0.2) is 10.5 Å². The van der Waals surface area contributed by atoms with Crippen molar-refractivity contribution < 1.29 is 4.79 Å². The van der Waals surface area contributed by atoms with Gasteiger partial charge in [-0.15, -0.1) is 0 Å².